The lowest BCUT2D eigenvalue weighted by Gasteiger charge is -2.24. The molecule has 0 amide bonds. The predicted molar refractivity (Wildman–Crippen MR) is 106 cm³/mol. The van der Waals surface area contributed by atoms with Gasteiger partial charge in [-0.3, -0.25) is 15.0 Å². The van der Waals surface area contributed by atoms with Crippen LogP contribution in [0.3, 0.4) is 0 Å². The van der Waals surface area contributed by atoms with Gasteiger partial charge in [-0.1, -0.05) is 6.07 Å². The average Bonchev–Trinajstić information content (AvgIpc) is 3.32. The van der Waals surface area contributed by atoms with Crippen LogP contribution in [0, 0.1) is 17.0 Å². The third-order valence-electron chi connectivity index (χ3n) is 4.07. The van der Waals surface area contributed by atoms with E-state index in [9.17, 15) is 15.2 Å². The quantitative estimate of drug-likeness (QED) is 0.407. The minimum atomic E-state index is -0.754. The minimum Gasteiger partial charge on any atom is -0.491 e. The van der Waals surface area contributed by atoms with Gasteiger partial charge < -0.3 is 14.3 Å². The largest absolute Gasteiger partial charge is 0.491 e. The highest BCUT2D eigenvalue weighted by atomic mass is 32.1. The number of thiophene rings is 1. The molecule has 7 nitrogen and oxygen atoms in total. The summed E-state index contributed by atoms with van der Waals surface area (Å²) in [6, 6.07) is 13.8. The van der Waals surface area contributed by atoms with Crippen LogP contribution in [-0.4, -0.2) is 34.2 Å². The Bertz CT molecular complexity index is 894. The topological polar surface area (TPSA) is 89.0 Å². The van der Waals surface area contributed by atoms with Crippen LogP contribution in [0.1, 0.15) is 15.5 Å². The number of aryl methyl sites for hydroxylation is 1. The minimum absolute atomic E-state index is 0.0410. The Balaban J connectivity index is 1.59. The number of non-ortho nitro benzene ring substituents is 1. The van der Waals surface area contributed by atoms with Gasteiger partial charge in [-0.2, -0.15) is 0 Å². The molecule has 1 unspecified atom stereocenters. The van der Waals surface area contributed by atoms with E-state index >= 15 is 0 Å². The van der Waals surface area contributed by atoms with Crippen molar-refractivity contribution in [1.29, 1.82) is 0 Å². The molecule has 0 saturated heterocycles. The molecule has 148 valence electrons. The molecule has 0 radical (unpaired) electrons. The lowest BCUT2D eigenvalue weighted by Crippen LogP contribution is -2.34. The summed E-state index contributed by atoms with van der Waals surface area (Å²) in [5, 5.41) is 21.3. The summed E-state index contributed by atoms with van der Waals surface area (Å²) in [7, 11) is 0. The maximum atomic E-state index is 10.8. The molecule has 2 heterocycles. The third-order valence-corrected chi connectivity index (χ3v) is 5.06. The van der Waals surface area contributed by atoms with E-state index in [-0.39, 0.29) is 12.3 Å². The summed E-state index contributed by atoms with van der Waals surface area (Å²) in [4.78, 5) is 14.9. The normalized spacial score (nSPS) is 12.2. The summed E-state index contributed by atoms with van der Waals surface area (Å²) in [5.41, 5.74) is -0.0421. The number of hydrogen-bond donors (Lipinski definition) is 1. The SMILES string of the molecule is Cc1ccc(CN(Cc2ccco2)CC(O)COc2cccc([N+](=O)[O-])c2)s1. The standard InChI is InChI=1S/C20H22N2O5S/c1-15-7-8-20(28-15)13-21(12-19-6-3-9-26-19)11-17(23)14-27-18-5-2-4-16(10-18)22(24)25/h2-10,17,23H,11-14H2,1H3. The Morgan fingerprint density at radius 1 is 1.25 bits per heavy atom. The van der Waals surface area contributed by atoms with Gasteiger partial charge in [-0.15, -0.1) is 11.3 Å². The van der Waals surface area contributed by atoms with Gasteiger partial charge in [-0.25, -0.2) is 0 Å². The Kier molecular flexibility index (Phi) is 6.80. The fourth-order valence-corrected chi connectivity index (χ4v) is 3.76. The van der Waals surface area contributed by atoms with Crippen LogP contribution in [0.25, 0.3) is 0 Å². The molecule has 0 spiro atoms. The molecule has 8 heteroatoms. The highest BCUT2D eigenvalue weighted by molar-refractivity contribution is 7.11. The number of ether oxygens (including phenoxy) is 1. The molecule has 3 rings (SSSR count). The molecule has 0 bridgehead atoms. The molecule has 0 aliphatic heterocycles. The van der Waals surface area contributed by atoms with E-state index < -0.39 is 11.0 Å². The van der Waals surface area contributed by atoms with Crippen molar-refractivity contribution in [2.75, 3.05) is 13.2 Å². The zero-order valence-electron chi connectivity index (χ0n) is 15.5. The van der Waals surface area contributed by atoms with E-state index in [0.717, 1.165) is 5.76 Å². The molecular formula is C20H22N2O5S. The summed E-state index contributed by atoms with van der Waals surface area (Å²) in [6.45, 7) is 3.74. The van der Waals surface area contributed by atoms with Crippen molar-refractivity contribution in [3.8, 4) is 5.75 Å². The van der Waals surface area contributed by atoms with E-state index in [2.05, 4.69) is 24.0 Å². The number of nitrogens with zero attached hydrogens (tertiary/aromatic N) is 2. The lowest BCUT2D eigenvalue weighted by atomic mass is 10.3. The van der Waals surface area contributed by atoms with Crippen LogP contribution in [0.2, 0.25) is 0 Å². The molecule has 3 aromatic rings. The molecule has 0 saturated carbocycles. The molecule has 2 aromatic heterocycles. The van der Waals surface area contributed by atoms with Gasteiger partial charge in [0.2, 0.25) is 0 Å². The maximum absolute atomic E-state index is 10.8. The molecule has 0 fully saturated rings. The molecule has 1 aromatic carbocycles. The number of nitro groups is 1. The molecular weight excluding hydrogens is 380 g/mol. The van der Waals surface area contributed by atoms with E-state index in [1.807, 2.05) is 12.1 Å². The van der Waals surface area contributed by atoms with Gasteiger partial charge in [0.1, 0.15) is 24.2 Å². The van der Waals surface area contributed by atoms with E-state index in [4.69, 9.17) is 9.15 Å². The highest BCUT2D eigenvalue weighted by Gasteiger charge is 2.16. The van der Waals surface area contributed by atoms with Gasteiger partial charge in [-0.05, 0) is 37.3 Å². The van der Waals surface area contributed by atoms with Crippen molar-refractivity contribution < 1.29 is 19.2 Å². The van der Waals surface area contributed by atoms with Crippen molar-refractivity contribution in [2.24, 2.45) is 0 Å². The number of benzene rings is 1. The number of furan rings is 1. The fraction of sp³-hybridized carbons (Fsp3) is 0.300. The Morgan fingerprint density at radius 3 is 2.79 bits per heavy atom. The third kappa shape index (κ3) is 5.91. The summed E-state index contributed by atoms with van der Waals surface area (Å²) in [5.74, 6) is 1.18. The van der Waals surface area contributed by atoms with Gasteiger partial charge in [0, 0.05) is 28.9 Å². The van der Waals surface area contributed by atoms with Crippen LogP contribution >= 0.6 is 11.3 Å². The Hall–Kier alpha value is -2.68. The number of hydrogen-bond acceptors (Lipinski definition) is 7. The van der Waals surface area contributed by atoms with Crippen LogP contribution in [0.4, 0.5) is 5.69 Å². The number of rotatable bonds is 10. The number of aliphatic hydroxyl groups is 1. The van der Waals surface area contributed by atoms with Crippen molar-refractivity contribution in [3.05, 3.63) is 80.4 Å². The zero-order chi connectivity index (χ0) is 19.9. The average molecular weight is 402 g/mol. The zero-order valence-corrected chi connectivity index (χ0v) is 16.3. The second kappa shape index (κ2) is 9.50. The first-order chi connectivity index (χ1) is 13.5. The molecule has 1 N–H and O–H groups in total. The first kappa shape index (κ1) is 20.1. The summed E-state index contributed by atoms with van der Waals surface area (Å²) in [6.07, 6.45) is 0.875. The van der Waals surface area contributed by atoms with Crippen molar-refractivity contribution in [3.63, 3.8) is 0 Å². The Morgan fingerprint density at radius 2 is 2.11 bits per heavy atom. The summed E-state index contributed by atoms with van der Waals surface area (Å²) >= 11 is 1.72. The number of nitro benzene ring substituents is 1. The fourth-order valence-electron chi connectivity index (χ4n) is 2.83. The van der Waals surface area contributed by atoms with Crippen LogP contribution in [-0.2, 0) is 13.1 Å². The smallest absolute Gasteiger partial charge is 0.273 e. The molecule has 0 aliphatic carbocycles. The second-order valence-electron chi connectivity index (χ2n) is 6.48. The predicted octanol–water partition coefficient (Wildman–Crippen LogP) is 4.00. The Labute approximate surface area is 166 Å². The van der Waals surface area contributed by atoms with E-state index in [1.54, 1.807) is 29.7 Å². The van der Waals surface area contributed by atoms with Gasteiger partial charge in [0.15, 0.2) is 0 Å². The van der Waals surface area contributed by atoms with E-state index in [1.165, 1.54) is 21.9 Å². The van der Waals surface area contributed by atoms with Crippen molar-refractivity contribution in [1.82, 2.24) is 4.90 Å². The molecule has 28 heavy (non-hydrogen) atoms. The van der Waals surface area contributed by atoms with Crippen molar-refractivity contribution >= 4 is 17.0 Å². The van der Waals surface area contributed by atoms with Gasteiger partial charge in [0.25, 0.3) is 5.69 Å². The summed E-state index contributed by atoms with van der Waals surface area (Å²) < 4.78 is 11.0. The second-order valence-corrected chi connectivity index (χ2v) is 7.85. The lowest BCUT2D eigenvalue weighted by molar-refractivity contribution is -0.384. The maximum Gasteiger partial charge on any atom is 0.273 e. The van der Waals surface area contributed by atoms with Gasteiger partial charge in [0.05, 0.1) is 23.8 Å². The number of aliphatic hydroxyl groups excluding tert-OH is 1. The van der Waals surface area contributed by atoms with Crippen molar-refractivity contribution in [2.45, 2.75) is 26.1 Å². The molecule has 0 aliphatic rings. The van der Waals surface area contributed by atoms with E-state index in [0.29, 0.717) is 25.4 Å². The van der Waals surface area contributed by atoms with Crippen LogP contribution in [0.15, 0.2) is 59.2 Å². The first-order valence-corrected chi connectivity index (χ1v) is 9.66. The monoisotopic (exact) mass is 402 g/mol. The van der Waals surface area contributed by atoms with Gasteiger partial charge >= 0.3 is 0 Å². The highest BCUT2D eigenvalue weighted by Crippen LogP contribution is 2.21. The first-order valence-electron chi connectivity index (χ1n) is 8.85. The molecule has 1 atom stereocenters. The van der Waals surface area contributed by atoms with Crippen LogP contribution in [0.5, 0.6) is 5.75 Å². The van der Waals surface area contributed by atoms with Crippen LogP contribution < -0.4 is 4.74 Å².